The van der Waals surface area contributed by atoms with Gasteiger partial charge in [-0.25, -0.2) is 8.78 Å². The summed E-state index contributed by atoms with van der Waals surface area (Å²) in [5.74, 6) is -0.786. The Morgan fingerprint density at radius 2 is 2.00 bits per heavy atom. The molecule has 0 saturated heterocycles. The summed E-state index contributed by atoms with van der Waals surface area (Å²) in [6.45, 7) is -0.887. The van der Waals surface area contributed by atoms with Crippen molar-refractivity contribution in [1.29, 1.82) is 0 Å². The van der Waals surface area contributed by atoms with E-state index >= 15 is 0 Å². The van der Waals surface area contributed by atoms with Crippen LogP contribution in [-0.4, -0.2) is 16.5 Å². The van der Waals surface area contributed by atoms with Gasteiger partial charge in [0.25, 0.3) is 6.43 Å². The lowest BCUT2D eigenvalue weighted by atomic mass is 10.2. The van der Waals surface area contributed by atoms with Gasteiger partial charge in [0.1, 0.15) is 5.69 Å². The smallest absolute Gasteiger partial charge is 0.403 e. The van der Waals surface area contributed by atoms with E-state index in [1.165, 1.54) is 0 Å². The fourth-order valence-electron chi connectivity index (χ4n) is 1.06. The first-order valence-corrected chi connectivity index (χ1v) is 4.87. The summed E-state index contributed by atoms with van der Waals surface area (Å²) in [7, 11) is 0. The molecule has 9 heteroatoms. The minimum Gasteiger partial charge on any atom is -0.403 e. The van der Waals surface area contributed by atoms with Gasteiger partial charge in [0.05, 0.1) is 17.3 Å². The van der Waals surface area contributed by atoms with Crippen LogP contribution >= 0.6 is 15.9 Å². The van der Waals surface area contributed by atoms with Gasteiger partial charge in [0.2, 0.25) is 0 Å². The van der Waals surface area contributed by atoms with Gasteiger partial charge in [-0.1, -0.05) is 0 Å². The largest absolute Gasteiger partial charge is 0.573 e. The van der Waals surface area contributed by atoms with Gasteiger partial charge in [-0.2, -0.15) is 0 Å². The SMILES string of the molecule is OCc1c(C(F)F)ncc(OC(F)(F)F)c1Br. The lowest BCUT2D eigenvalue weighted by Gasteiger charge is -2.14. The molecule has 1 aromatic heterocycles. The van der Waals surface area contributed by atoms with E-state index in [-0.39, 0.29) is 0 Å². The predicted octanol–water partition coefficient (Wildman–Crippen LogP) is 3.17. The third-order valence-corrected chi connectivity index (χ3v) is 2.57. The summed E-state index contributed by atoms with van der Waals surface area (Å²) in [6.07, 6.45) is -7.46. The Kier molecular flexibility index (Phi) is 4.26. The summed E-state index contributed by atoms with van der Waals surface area (Å²) >= 11 is 2.65. The number of hydrogen-bond donors (Lipinski definition) is 1. The Labute approximate surface area is 100 Å². The highest BCUT2D eigenvalue weighted by molar-refractivity contribution is 9.10. The number of aromatic nitrogens is 1. The minimum absolute atomic E-state index is 0.400. The van der Waals surface area contributed by atoms with Crippen molar-refractivity contribution in [1.82, 2.24) is 4.98 Å². The van der Waals surface area contributed by atoms with E-state index in [2.05, 4.69) is 25.7 Å². The third kappa shape index (κ3) is 3.50. The molecular formula is C8H5BrF5NO2. The van der Waals surface area contributed by atoms with Crippen molar-refractivity contribution < 1.29 is 31.8 Å². The highest BCUT2D eigenvalue weighted by Gasteiger charge is 2.33. The number of aliphatic hydroxyl groups excluding tert-OH is 1. The van der Waals surface area contributed by atoms with Crippen molar-refractivity contribution in [3.05, 3.63) is 21.9 Å². The number of halogens is 6. The van der Waals surface area contributed by atoms with Crippen molar-refractivity contribution in [2.75, 3.05) is 0 Å². The van der Waals surface area contributed by atoms with Crippen LogP contribution in [0.4, 0.5) is 22.0 Å². The Hall–Kier alpha value is -0.960. The van der Waals surface area contributed by atoms with E-state index in [0.717, 1.165) is 0 Å². The molecule has 0 spiro atoms. The van der Waals surface area contributed by atoms with Crippen LogP contribution in [0, 0.1) is 0 Å². The number of alkyl halides is 5. The maximum absolute atomic E-state index is 12.4. The van der Waals surface area contributed by atoms with Gasteiger partial charge < -0.3 is 9.84 Å². The third-order valence-electron chi connectivity index (χ3n) is 1.70. The summed E-state index contributed by atoms with van der Waals surface area (Å²) in [6, 6.07) is 0. The molecular weight excluding hydrogens is 317 g/mol. The first-order valence-electron chi connectivity index (χ1n) is 4.08. The van der Waals surface area contributed by atoms with Crippen LogP contribution in [0.15, 0.2) is 10.7 Å². The molecule has 0 amide bonds. The van der Waals surface area contributed by atoms with Crippen LogP contribution in [-0.2, 0) is 6.61 Å². The zero-order chi connectivity index (χ0) is 13.2. The van der Waals surface area contributed by atoms with E-state index in [4.69, 9.17) is 5.11 Å². The monoisotopic (exact) mass is 321 g/mol. The maximum Gasteiger partial charge on any atom is 0.573 e. The van der Waals surface area contributed by atoms with E-state index in [1.54, 1.807) is 0 Å². The van der Waals surface area contributed by atoms with Crippen LogP contribution in [0.3, 0.4) is 0 Å². The fraction of sp³-hybridized carbons (Fsp3) is 0.375. The predicted molar refractivity (Wildman–Crippen MR) is 49.5 cm³/mol. The lowest BCUT2D eigenvalue weighted by Crippen LogP contribution is -2.18. The molecule has 1 heterocycles. The standard InChI is InChI=1S/C8H5BrF5NO2/c9-5-3(2-16)6(7(10)11)15-1-4(5)17-8(12,13)14/h1,7,16H,2H2. The summed E-state index contributed by atoms with van der Waals surface area (Å²) in [5, 5.41) is 8.83. The number of rotatable bonds is 3. The quantitative estimate of drug-likeness (QED) is 0.869. The minimum atomic E-state index is -4.97. The van der Waals surface area contributed by atoms with Crippen molar-refractivity contribution in [3.63, 3.8) is 0 Å². The molecule has 96 valence electrons. The molecule has 17 heavy (non-hydrogen) atoms. The van der Waals surface area contributed by atoms with Crippen LogP contribution in [0.1, 0.15) is 17.7 Å². The fourth-order valence-corrected chi connectivity index (χ4v) is 1.57. The molecule has 1 rings (SSSR count). The Bertz CT molecular complexity index is 410. The summed E-state index contributed by atoms with van der Waals surface area (Å²) < 4.78 is 63.8. The first-order chi connectivity index (χ1) is 7.76. The molecule has 3 nitrogen and oxygen atoms in total. The average Bonchev–Trinajstić information content (AvgIpc) is 2.18. The van der Waals surface area contributed by atoms with E-state index in [1.807, 2.05) is 0 Å². The molecule has 0 aliphatic rings. The van der Waals surface area contributed by atoms with Gasteiger partial charge in [0.15, 0.2) is 5.75 Å². The topological polar surface area (TPSA) is 42.4 Å². The number of aliphatic hydroxyl groups is 1. The molecule has 0 radical (unpaired) electrons. The zero-order valence-corrected chi connectivity index (χ0v) is 9.52. The molecule has 0 aliphatic carbocycles. The van der Waals surface area contributed by atoms with Crippen LogP contribution < -0.4 is 4.74 Å². The van der Waals surface area contributed by atoms with Crippen molar-refractivity contribution in [2.45, 2.75) is 19.4 Å². The number of pyridine rings is 1. The van der Waals surface area contributed by atoms with Gasteiger partial charge in [0, 0.05) is 5.56 Å². The number of nitrogens with zero attached hydrogens (tertiary/aromatic N) is 1. The highest BCUT2D eigenvalue weighted by atomic mass is 79.9. The molecule has 0 bridgehead atoms. The van der Waals surface area contributed by atoms with Gasteiger partial charge in [-0.3, -0.25) is 4.98 Å². The maximum atomic E-state index is 12.4. The zero-order valence-electron chi connectivity index (χ0n) is 7.93. The van der Waals surface area contributed by atoms with Crippen LogP contribution in [0.2, 0.25) is 0 Å². The Balaban J connectivity index is 3.20. The second kappa shape index (κ2) is 5.13. The van der Waals surface area contributed by atoms with E-state index in [9.17, 15) is 22.0 Å². The van der Waals surface area contributed by atoms with Crippen molar-refractivity contribution >= 4 is 15.9 Å². The molecule has 1 N–H and O–H groups in total. The van der Waals surface area contributed by atoms with Crippen molar-refractivity contribution in [2.24, 2.45) is 0 Å². The Morgan fingerprint density at radius 1 is 1.41 bits per heavy atom. The van der Waals surface area contributed by atoms with E-state index in [0.29, 0.717) is 6.20 Å². The normalized spacial score (nSPS) is 12.0. The Morgan fingerprint density at radius 3 is 2.41 bits per heavy atom. The average molecular weight is 322 g/mol. The second-order valence-electron chi connectivity index (χ2n) is 2.81. The lowest BCUT2D eigenvalue weighted by molar-refractivity contribution is -0.275. The molecule has 0 fully saturated rings. The molecule has 0 aromatic carbocycles. The van der Waals surface area contributed by atoms with E-state index < -0.39 is 40.9 Å². The second-order valence-corrected chi connectivity index (χ2v) is 3.60. The van der Waals surface area contributed by atoms with Gasteiger partial charge in [-0.15, -0.1) is 13.2 Å². The summed E-state index contributed by atoms with van der Waals surface area (Å²) in [4.78, 5) is 3.13. The van der Waals surface area contributed by atoms with Gasteiger partial charge in [-0.05, 0) is 15.9 Å². The highest BCUT2D eigenvalue weighted by Crippen LogP contribution is 2.36. The van der Waals surface area contributed by atoms with Crippen molar-refractivity contribution in [3.8, 4) is 5.75 Å². The molecule has 0 atom stereocenters. The first kappa shape index (κ1) is 14.1. The van der Waals surface area contributed by atoms with Gasteiger partial charge >= 0.3 is 6.36 Å². The van der Waals surface area contributed by atoms with Crippen LogP contribution in [0.25, 0.3) is 0 Å². The summed E-state index contributed by atoms with van der Waals surface area (Å²) in [5.41, 5.74) is -1.24. The number of hydrogen-bond acceptors (Lipinski definition) is 3. The molecule has 1 aromatic rings. The number of ether oxygens (including phenoxy) is 1. The van der Waals surface area contributed by atoms with Crippen LogP contribution in [0.5, 0.6) is 5.75 Å². The molecule has 0 unspecified atom stereocenters. The molecule has 0 aliphatic heterocycles. The molecule has 0 saturated carbocycles.